The van der Waals surface area contributed by atoms with Crippen LogP contribution in [0.25, 0.3) is 10.9 Å². The summed E-state index contributed by atoms with van der Waals surface area (Å²) in [6.07, 6.45) is 1.44. The number of aryl methyl sites for hydroxylation is 1. The molecule has 0 amide bonds. The van der Waals surface area contributed by atoms with Gasteiger partial charge in [-0.3, -0.25) is 14.2 Å². The topological polar surface area (TPSA) is 121 Å². The van der Waals surface area contributed by atoms with Gasteiger partial charge in [0.05, 0.1) is 22.4 Å². The maximum Gasteiger partial charge on any atom is 0.305 e. The Morgan fingerprint density at radius 3 is 2.56 bits per heavy atom. The van der Waals surface area contributed by atoms with Crippen LogP contribution in [0.1, 0.15) is 25.3 Å². The summed E-state index contributed by atoms with van der Waals surface area (Å²) in [4.78, 5) is 29.4. The number of hydrogen-bond acceptors (Lipinski definition) is 7. The number of thioether (sulfide) groups is 1. The second kappa shape index (κ2) is 10.8. The lowest BCUT2D eigenvalue weighted by Crippen LogP contribution is -2.24. The number of fused-ring (bicyclic) bond motifs is 1. The van der Waals surface area contributed by atoms with E-state index in [9.17, 15) is 18.0 Å². The molecule has 2 N–H and O–H groups in total. The summed E-state index contributed by atoms with van der Waals surface area (Å²) < 4.78 is 29.4. The number of benzene rings is 2. The van der Waals surface area contributed by atoms with Crippen molar-refractivity contribution in [3.63, 3.8) is 0 Å². The quantitative estimate of drug-likeness (QED) is 0.207. The summed E-state index contributed by atoms with van der Waals surface area (Å²) in [6.45, 7) is 2.51. The molecule has 0 atom stereocenters. The largest absolute Gasteiger partial charge is 0.466 e. The molecule has 0 aliphatic heterocycles. The summed E-state index contributed by atoms with van der Waals surface area (Å²) >= 11 is 1.43. The van der Waals surface area contributed by atoms with E-state index in [1.807, 2.05) is 6.07 Å². The van der Waals surface area contributed by atoms with Crippen LogP contribution in [0.3, 0.4) is 0 Å². The van der Waals surface area contributed by atoms with Gasteiger partial charge in [0.2, 0.25) is 10.0 Å². The minimum Gasteiger partial charge on any atom is -0.466 e. The first-order valence-corrected chi connectivity index (χ1v) is 12.7. The normalized spacial score (nSPS) is 11.6. The SMILES string of the molecule is CCOC(=O)CCCSc1nc2ccccc2c(=O)n1CCc1ccc(S(N)(=O)=O)cc1. The molecule has 0 spiro atoms. The van der Waals surface area contributed by atoms with Gasteiger partial charge in [-0.1, -0.05) is 36.0 Å². The molecule has 0 radical (unpaired) electrons. The van der Waals surface area contributed by atoms with E-state index in [4.69, 9.17) is 9.88 Å². The van der Waals surface area contributed by atoms with E-state index in [1.54, 1.807) is 41.8 Å². The van der Waals surface area contributed by atoms with Crippen molar-refractivity contribution in [2.45, 2.75) is 42.8 Å². The fraction of sp³-hybridized carbons (Fsp3) is 0.318. The van der Waals surface area contributed by atoms with Gasteiger partial charge in [0, 0.05) is 18.7 Å². The number of nitrogens with zero attached hydrogens (tertiary/aromatic N) is 2. The number of carbonyl (C=O) groups excluding carboxylic acids is 1. The Bertz CT molecular complexity index is 1250. The second-order valence-corrected chi connectivity index (χ2v) is 9.69. The Hall–Kier alpha value is -2.69. The third-order valence-electron chi connectivity index (χ3n) is 4.76. The van der Waals surface area contributed by atoms with Gasteiger partial charge in [-0.05, 0) is 49.6 Å². The predicted molar refractivity (Wildman–Crippen MR) is 124 cm³/mol. The lowest BCUT2D eigenvalue weighted by atomic mass is 10.1. The molecule has 0 fully saturated rings. The van der Waals surface area contributed by atoms with E-state index in [0.29, 0.717) is 54.2 Å². The summed E-state index contributed by atoms with van der Waals surface area (Å²) in [7, 11) is -3.75. The van der Waals surface area contributed by atoms with Crippen LogP contribution in [0, 0.1) is 0 Å². The van der Waals surface area contributed by atoms with Crippen LogP contribution in [0.2, 0.25) is 0 Å². The van der Waals surface area contributed by atoms with Crippen LogP contribution in [-0.2, 0) is 32.5 Å². The van der Waals surface area contributed by atoms with Crippen molar-refractivity contribution in [2.24, 2.45) is 5.14 Å². The van der Waals surface area contributed by atoms with Gasteiger partial charge >= 0.3 is 5.97 Å². The lowest BCUT2D eigenvalue weighted by molar-refractivity contribution is -0.143. The van der Waals surface area contributed by atoms with E-state index in [1.165, 1.54) is 23.9 Å². The number of sulfonamides is 1. The van der Waals surface area contributed by atoms with Crippen molar-refractivity contribution in [3.05, 3.63) is 64.4 Å². The maximum atomic E-state index is 13.1. The van der Waals surface area contributed by atoms with Crippen molar-refractivity contribution >= 4 is 38.7 Å². The fourth-order valence-electron chi connectivity index (χ4n) is 3.15. The summed E-state index contributed by atoms with van der Waals surface area (Å²) in [5.41, 5.74) is 1.36. The Morgan fingerprint density at radius 2 is 1.88 bits per heavy atom. The molecule has 0 saturated heterocycles. The molecule has 32 heavy (non-hydrogen) atoms. The number of carbonyl (C=O) groups is 1. The second-order valence-electron chi connectivity index (χ2n) is 7.06. The molecule has 2 aromatic carbocycles. The molecule has 3 aromatic rings. The fourth-order valence-corrected chi connectivity index (χ4v) is 4.63. The Kier molecular flexibility index (Phi) is 8.05. The lowest BCUT2D eigenvalue weighted by Gasteiger charge is -2.13. The number of hydrogen-bond donors (Lipinski definition) is 1. The van der Waals surface area contributed by atoms with Gasteiger partial charge in [-0.25, -0.2) is 18.5 Å². The van der Waals surface area contributed by atoms with Crippen LogP contribution in [-0.4, -0.2) is 36.3 Å². The molecule has 1 aromatic heterocycles. The van der Waals surface area contributed by atoms with Crippen molar-refractivity contribution in [1.82, 2.24) is 9.55 Å². The summed E-state index contributed by atoms with van der Waals surface area (Å²) in [5, 5.41) is 6.26. The number of ether oxygens (including phenoxy) is 1. The molecule has 170 valence electrons. The Morgan fingerprint density at radius 1 is 1.16 bits per heavy atom. The monoisotopic (exact) mass is 475 g/mol. The van der Waals surface area contributed by atoms with E-state index in [0.717, 1.165) is 5.56 Å². The molecule has 8 nitrogen and oxygen atoms in total. The number of rotatable bonds is 10. The summed E-state index contributed by atoms with van der Waals surface area (Å²) in [5.74, 6) is 0.382. The molecule has 3 rings (SSSR count). The molecule has 0 bridgehead atoms. The standard InChI is InChI=1S/C22H25N3O5S2/c1-2-30-20(26)8-5-15-31-22-24-19-7-4-3-6-18(19)21(27)25(22)14-13-16-9-11-17(12-10-16)32(23,28)29/h3-4,6-7,9-12H,2,5,8,13-15H2,1H3,(H2,23,28,29). The minimum atomic E-state index is -3.75. The first-order valence-electron chi connectivity index (χ1n) is 10.2. The van der Waals surface area contributed by atoms with Crippen LogP contribution in [0.4, 0.5) is 0 Å². The maximum absolute atomic E-state index is 13.1. The van der Waals surface area contributed by atoms with Gasteiger partial charge in [-0.15, -0.1) is 0 Å². The number of primary sulfonamides is 1. The number of esters is 1. The average Bonchev–Trinajstić information content (AvgIpc) is 2.76. The van der Waals surface area contributed by atoms with Crippen molar-refractivity contribution in [3.8, 4) is 0 Å². The molecule has 10 heteroatoms. The molecule has 0 unspecified atom stereocenters. The van der Waals surface area contributed by atoms with E-state index in [2.05, 4.69) is 4.98 Å². The van der Waals surface area contributed by atoms with Crippen LogP contribution >= 0.6 is 11.8 Å². The van der Waals surface area contributed by atoms with Gasteiger partial charge in [0.25, 0.3) is 5.56 Å². The summed E-state index contributed by atoms with van der Waals surface area (Å²) in [6, 6.07) is 13.5. The number of nitrogens with two attached hydrogens (primary N) is 1. The molecular formula is C22H25N3O5S2. The first kappa shape index (κ1) is 24.0. The van der Waals surface area contributed by atoms with Crippen molar-refractivity contribution in [1.29, 1.82) is 0 Å². The number of para-hydroxylation sites is 1. The zero-order chi connectivity index (χ0) is 23.1. The average molecular weight is 476 g/mol. The van der Waals surface area contributed by atoms with Crippen LogP contribution in [0.15, 0.2) is 63.4 Å². The first-order chi connectivity index (χ1) is 15.3. The zero-order valence-corrected chi connectivity index (χ0v) is 19.3. The van der Waals surface area contributed by atoms with Gasteiger partial charge < -0.3 is 4.74 Å². The molecule has 0 aliphatic rings. The molecule has 0 aliphatic carbocycles. The number of aromatic nitrogens is 2. The highest BCUT2D eigenvalue weighted by molar-refractivity contribution is 7.99. The molecule has 0 saturated carbocycles. The third-order valence-corrected chi connectivity index (χ3v) is 6.76. The van der Waals surface area contributed by atoms with E-state index in [-0.39, 0.29) is 16.4 Å². The Balaban J connectivity index is 1.79. The van der Waals surface area contributed by atoms with Gasteiger partial charge in [-0.2, -0.15) is 0 Å². The highest BCUT2D eigenvalue weighted by Crippen LogP contribution is 2.20. The predicted octanol–water partition coefficient (Wildman–Crippen LogP) is 2.72. The smallest absolute Gasteiger partial charge is 0.305 e. The molecule has 1 heterocycles. The zero-order valence-electron chi connectivity index (χ0n) is 17.7. The van der Waals surface area contributed by atoms with Crippen molar-refractivity contribution < 1.29 is 17.9 Å². The van der Waals surface area contributed by atoms with E-state index >= 15 is 0 Å². The van der Waals surface area contributed by atoms with Gasteiger partial charge in [0.15, 0.2) is 5.16 Å². The van der Waals surface area contributed by atoms with Crippen LogP contribution < -0.4 is 10.7 Å². The Labute approximate surface area is 190 Å². The molecular weight excluding hydrogens is 450 g/mol. The van der Waals surface area contributed by atoms with Crippen molar-refractivity contribution in [2.75, 3.05) is 12.4 Å². The van der Waals surface area contributed by atoms with Crippen LogP contribution in [0.5, 0.6) is 0 Å². The third kappa shape index (κ3) is 6.18. The van der Waals surface area contributed by atoms with E-state index < -0.39 is 10.0 Å². The minimum absolute atomic E-state index is 0.0450. The highest BCUT2D eigenvalue weighted by Gasteiger charge is 2.13. The highest BCUT2D eigenvalue weighted by atomic mass is 32.2. The van der Waals surface area contributed by atoms with Gasteiger partial charge in [0.1, 0.15) is 0 Å².